The highest BCUT2D eigenvalue weighted by Gasteiger charge is 2.35. The van der Waals surface area contributed by atoms with Crippen molar-refractivity contribution in [3.63, 3.8) is 0 Å². The van der Waals surface area contributed by atoms with Crippen molar-refractivity contribution in [3.8, 4) is 5.75 Å². The molecule has 3 aromatic rings. The molecule has 2 amide bonds. The zero-order valence-corrected chi connectivity index (χ0v) is 28.6. The van der Waals surface area contributed by atoms with Crippen molar-refractivity contribution in [1.29, 1.82) is 0 Å². The second-order valence-electron chi connectivity index (χ2n) is 10.8. The highest BCUT2D eigenvalue weighted by Crippen LogP contribution is 2.29. The van der Waals surface area contributed by atoms with Gasteiger partial charge in [0.05, 0.1) is 17.2 Å². The topological polar surface area (TPSA) is 96.0 Å². The molecule has 0 aliphatic rings. The second-order valence-corrected chi connectivity index (χ2v) is 14.4. The predicted molar refractivity (Wildman–Crippen MR) is 175 cm³/mol. The Kier molecular flexibility index (Phi) is 11.9. The first-order valence-corrected chi connectivity index (χ1v) is 16.7. The van der Waals surface area contributed by atoms with E-state index < -0.39 is 34.1 Å². The lowest BCUT2D eigenvalue weighted by Gasteiger charge is -2.35. The minimum Gasteiger partial charge on any atom is -0.494 e. The van der Waals surface area contributed by atoms with Gasteiger partial charge in [-0.25, -0.2) is 8.42 Å². The zero-order chi connectivity index (χ0) is 31.9. The van der Waals surface area contributed by atoms with Crippen LogP contribution in [-0.2, 0) is 26.2 Å². The van der Waals surface area contributed by atoms with Gasteiger partial charge in [-0.3, -0.25) is 13.9 Å². The van der Waals surface area contributed by atoms with Gasteiger partial charge in [-0.2, -0.15) is 0 Å². The van der Waals surface area contributed by atoms with Gasteiger partial charge in [0.15, 0.2) is 0 Å². The number of carbonyl (C=O) groups is 2. The first kappa shape index (κ1) is 34.7. The van der Waals surface area contributed by atoms with Crippen LogP contribution < -0.4 is 14.4 Å². The molecule has 1 unspecified atom stereocenters. The number of halogens is 3. The van der Waals surface area contributed by atoms with Gasteiger partial charge in [-0.15, -0.1) is 0 Å². The molecule has 12 heteroatoms. The molecule has 0 aliphatic heterocycles. The number of hydrogen-bond donors (Lipinski definition) is 1. The molecule has 0 radical (unpaired) electrons. The van der Waals surface area contributed by atoms with E-state index in [-0.39, 0.29) is 29.5 Å². The summed E-state index contributed by atoms with van der Waals surface area (Å²) in [7, 11) is -4.21. The molecule has 0 heterocycles. The molecule has 0 saturated heterocycles. The maximum atomic E-state index is 14.2. The maximum absolute atomic E-state index is 14.2. The van der Waals surface area contributed by atoms with Crippen molar-refractivity contribution < 1.29 is 22.7 Å². The monoisotopic (exact) mass is 711 g/mol. The Morgan fingerprint density at radius 2 is 1.60 bits per heavy atom. The number of sulfonamides is 1. The van der Waals surface area contributed by atoms with Gasteiger partial charge >= 0.3 is 0 Å². The van der Waals surface area contributed by atoms with Crippen LogP contribution in [0.3, 0.4) is 0 Å². The number of amides is 2. The number of anilines is 1. The standard InChI is InChI=1S/C31H36BrCl2N3O5S/c1-6-28(30(39)35-31(3,4)5)36(19-21-8-11-23(33)18-27(21)34)29(38)20-37(24-12-14-25(15-13-24)42-7-2)43(40,41)26-16-9-22(32)10-17-26/h8-18,28H,6-7,19-20H2,1-5H3,(H,35,39). The van der Waals surface area contributed by atoms with E-state index in [9.17, 15) is 18.0 Å². The maximum Gasteiger partial charge on any atom is 0.264 e. The van der Waals surface area contributed by atoms with Gasteiger partial charge in [0.1, 0.15) is 18.3 Å². The van der Waals surface area contributed by atoms with Crippen LogP contribution in [0.4, 0.5) is 5.69 Å². The molecule has 1 N–H and O–H groups in total. The quantitative estimate of drug-likeness (QED) is 0.217. The first-order valence-electron chi connectivity index (χ1n) is 13.7. The fourth-order valence-electron chi connectivity index (χ4n) is 4.34. The molecule has 3 rings (SSSR count). The summed E-state index contributed by atoms with van der Waals surface area (Å²) in [5, 5.41) is 3.69. The molecular formula is C31H36BrCl2N3O5S. The second kappa shape index (κ2) is 14.8. The van der Waals surface area contributed by atoms with Gasteiger partial charge in [0.2, 0.25) is 11.8 Å². The van der Waals surface area contributed by atoms with Crippen LogP contribution in [0.5, 0.6) is 5.75 Å². The third-order valence-electron chi connectivity index (χ3n) is 6.36. The summed E-state index contributed by atoms with van der Waals surface area (Å²) in [6.45, 7) is 9.00. The molecule has 8 nitrogen and oxygen atoms in total. The summed E-state index contributed by atoms with van der Waals surface area (Å²) < 4.78 is 35.3. The Morgan fingerprint density at radius 1 is 0.977 bits per heavy atom. The van der Waals surface area contributed by atoms with Gasteiger partial charge < -0.3 is 15.0 Å². The fraction of sp³-hybridized carbons (Fsp3) is 0.355. The van der Waals surface area contributed by atoms with Crippen molar-refractivity contribution in [3.05, 3.63) is 86.8 Å². The van der Waals surface area contributed by atoms with Gasteiger partial charge in [-0.05, 0) is 100 Å². The summed E-state index contributed by atoms with van der Waals surface area (Å²) >= 11 is 15.9. The summed E-state index contributed by atoms with van der Waals surface area (Å²) in [5.74, 6) is -0.393. The van der Waals surface area contributed by atoms with Crippen LogP contribution in [0.15, 0.2) is 76.1 Å². The Hall–Kier alpha value is -2.79. The SMILES string of the molecule is CCOc1ccc(N(CC(=O)N(Cc2ccc(Cl)cc2Cl)C(CC)C(=O)NC(C)(C)C)S(=O)(=O)c2ccc(Br)cc2)cc1. The predicted octanol–water partition coefficient (Wildman–Crippen LogP) is 7.07. The summed E-state index contributed by atoms with van der Waals surface area (Å²) in [6.07, 6.45) is 0.279. The molecule has 0 spiro atoms. The molecule has 0 bridgehead atoms. The van der Waals surface area contributed by atoms with E-state index in [4.69, 9.17) is 27.9 Å². The number of nitrogens with one attached hydrogen (secondary N) is 1. The van der Waals surface area contributed by atoms with Crippen molar-refractivity contribution in [1.82, 2.24) is 10.2 Å². The van der Waals surface area contributed by atoms with E-state index in [0.29, 0.717) is 32.4 Å². The van der Waals surface area contributed by atoms with Crippen LogP contribution in [0.25, 0.3) is 0 Å². The van der Waals surface area contributed by atoms with Crippen LogP contribution in [0, 0.1) is 0 Å². The van der Waals surface area contributed by atoms with Gasteiger partial charge in [0, 0.05) is 26.6 Å². The third kappa shape index (κ3) is 9.35. The minimum atomic E-state index is -4.21. The van der Waals surface area contributed by atoms with Crippen molar-refractivity contribution >= 4 is 66.7 Å². The molecule has 3 aromatic carbocycles. The van der Waals surface area contributed by atoms with Gasteiger partial charge in [-0.1, -0.05) is 52.1 Å². The highest BCUT2D eigenvalue weighted by molar-refractivity contribution is 9.10. The lowest BCUT2D eigenvalue weighted by atomic mass is 10.1. The third-order valence-corrected chi connectivity index (χ3v) is 9.26. The number of carbonyl (C=O) groups excluding carboxylic acids is 2. The van der Waals surface area contributed by atoms with Gasteiger partial charge in [0.25, 0.3) is 10.0 Å². The van der Waals surface area contributed by atoms with Crippen molar-refractivity contribution in [2.24, 2.45) is 0 Å². The van der Waals surface area contributed by atoms with Crippen LogP contribution in [0.2, 0.25) is 10.0 Å². The average Bonchev–Trinajstić information content (AvgIpc) is 2.92. The lowest BCUT2D eigenvalue weighted by Crippen LogP contribution is -2.55. The summed E-state index contributed by atoms with van der Waals surface area (Å²) in [4.78, 5) is 29.1. The Labute approximate surface area is 272 Å². The Morgan fingerprint density at radius 3 is 2.14 bits per heavy atom. The Balaban J connectivity index is 2.10. The van der Waals surface area contributed by atoms with E-state index in [0.717, 1.165) is 4.31 Å². The first-order chi connectivity index (χ1) is 20.2. The zero-order valence-electron chi connectivity index (χ0n) is 24.7. The van der Waals surface area contributed by atoms with E-state index >= 15 is 0 Å². The van der Waals surface area contributed by atoms with E-state index in [1.54, 1.807) is 61.5 Å². The van der Waals surface area contributed by atoms with Crippen LogP contribution >= 0.6 is 39.1 Å². The molecule has 0 saturated carbocycles. The van der Waals surface area contributed by atoms with E-state index in [2.05, 4.69) is 21.2 Å². The molecule has 232 valence electrons. The molecule has 0 aliphatic carbocycles. The number of benzene rings is 3. The van der Waals surface area contributed by atoms with E-state index in [1.165, 1.54) is 17.0 Å². The largest absolute Gasteiger partial charge is 0.494 e. The molecule has 0 fully saturated rings. The average molecular weight is 714 g/mol. The van der Waals surface area contributed by atoms with Crippen molar-refractivity contribution in [2.45, 2.75) is 64.1 Å². The fourth-order valence-corrected chi connectivity index (χ4v) is 6.49. The number of nitrogens with zero attached hydrogens (tertiary/aromatic N) is 2. The number of rotatable bonds is 12. The lowest BCUT2D eigenvalue weighted by molar-refractivity contribution is -0.141. The van der Waals surface area contributed by atoms with Crippen LogP contribution in [0.1, 0.15) is 46.6 Å². The number of ether oxygens (including phenoxy) is 1. The van der Waals surface area contributed by atoms with Crippen molar-refractivity contribution in [2.75, 3.05) is 17.5 Å². The summed E-state index contributed by atoms with van der Waals surface area (Å²) in [6, 6.07) is 16.6. The molecular weight excluding hydrogens is 677 g/mol. The van der Waals surface area contributed by atoms with E-state index in [1.807, 2.05) is 27.7 Å². The molecule has 43 heavy (non-hydrogen) atoms. The normalized spacial score (nSPS) is 12.4. The molecule has 1 atom stereocenters. The highest BCUT2D eigenvalue weighted by atomic mass is 79.9. The molecule has 0 aromatic heterocycles. The smallest absolute Gasteiger partial charge is 0.264 e. The number of hydrogen-bond acceptors (Lipinski definition) is 5. The summed E-state index contributed by atoms with van der Waals surface area (Å²) in [5.41, 5.74) is 0.261. The Bertz CT molecular complexity index is 1530. The van der Waals surface area contributed by atoms with Crippen LogP contribution in [-0.4, -0.2) is 49.9 Å². The minimum absolute atomic E-state index is 0.00203.